The summed E-state index contributed by atoms with van der Waals surface area (Å²) in [6, 6.07) is 0.410. The minimum Gasteiger partial charge on any atom is -0.368 e. The highest BCUT2D eigenvalue weighted by atomic mass is 15.3. The first-order valence-electron chi connectivity index (χ1n) is 5.90. The molecule has 17 heavy (non-hydrogen) atoms. The normalized spacial score (nSPS) is 12.9. The summed E-state index contributed by atoms with van der Waals surface area (Å²) in [5.74, 6) is 1.14. The molecule has 6 heteroatoms. The summed E-state index contributed by atoms with van der Waals surface area (Å²) in [6.45, 7) is 7.32. The van der Waals surface area contributed by atoms with E-state index >= 15 is 0 Å². The van der Waals surface area contributed by atoms with Crippen molar-refractivity contribution >= 4 is 22.8 Å². The van der Waals surface area contributed by atoms with Crippen LogP contribution in [0, 0.1) is 0 Å². The van der Waals surface area contributed by atoms with Crippen molar-refractivity contribution in [1.82, 2.24) is 20.2 Å². The molecule has 0 aliphatic heterocycles. The molecule has 0 spiro atoms. The van der Waals surface area contributed by atoms with Crippen molar-refractivity contribution in [2.45, 2.75) is 33.2 Å². The zero-order valence-electron chi connectivity index (χ0n) is 10.4. The second-order valence-corrected chi connectivity index (χ2v) is 4.08. The Morgan fingerprint density at radius 2 is 2.18 bits per heavy atom. The molecule has 0 aromatic carbocycles. The lowest BCUT2D eigenvalue weighted by molar-refractivity contribution is 0.625. The summed E-state index contributed by atoms with van der Waals surface area (Å²) < 4.78 is 0. The first-order chi connectivity index (χ1) is 8.17. The number of nitrogens with one attached hydrogen (secondary N) is 1. The molecule has 0 fully saturated rings. The number of H-pyrrole nitrogens is 1. The van der Waals surface area contributed by atoms with E-state index in [0.29, 0.717) is 11.7 Å². The Hall–Kier alpha value is -1.85. The van der Waals surface area contributed by atoms with Gasteiger partial charge in [0.15, 0.2) is 5.65 Å². The van der Waals surface area contributed by atoms with Gasteiger partial charge in [0.1, 0.15) is 5.82 Å². The van der Waals surface area contributed by atoms with Gasteiger partial charge in [-0.2, -0.15) is 15.1 Å². The summed E-state index contributed by atoms with van der Waals surface area (Å²) in [5.41, 5.74) is 6.41. The van der Waals surface area contributed by atoms with Gasteiger partial charge in [-0.25, -0.2) is 0 Å². The van der Waals surface area contributed by atoms with E-state index in [1.54, 1.807) is 6.20 Å². The first-order valence-corrected chi connectivity index (χ1v) is 5.90. The molecule has 0 aliphatic rings. The van der Waals surface area contributed by atoms with Crippen LogP contribution < -0.4 is 10.6 Å². The summed E-state index contributed by atoms with van der Waals surface area (Å²) in [6.07, 6.45) is 2.80. The average Bonchev–Trinajstić information content (AvgIpc) is 2.77. The van der Waals surface area contributed by atoms with E-state index in [-0.39, 0.29) is 5.95 Å². The zero-order valence-corrected chi connectivity index (χ0v) is 10.4. The van der Waals surface area contributed by atoms with Crippen LogP contribution in [0.1, 0.15) is 27.2 Å². The largest absolute Gasteiger partial charge is 0.368 e. The van der Waals surface area contributed by atoms with Crippen LogP contribution in [0.4, 0.5) is 11.8 Å². The van der Waals surface area contributed by atoms with Gasteiger partial charge in [0, 0.05) is 12.6 Å². The van der Waals surface area contributed by atoms with Gasteiger partial charge in [0.2, 0.25) is 5.95 Å². The van der Waals surface area contributed by atoms with Gasteiger partial charge >= 0.3 is 0 Å². The number of rotatable bonds is 4. The van der Waals surface area contributed by atoms with Crippen LogP contribution >= 0.6 is 0 Å². The van der Waals surface area contributed by atoms with E-state index in [0.717, 1.165) is 24.2 Å². The van der Waals surface area contributed by atoms with Gasteiger partial charge in [-0.1, -0.05) is 6.92 Å². The number of anilines is 2. The van der Waals surface area contributed by atoms with Crippen LogP contribution in [-0.4, -0.2) is 32.8 Å². The Kier molecular flexibility index (Phi) is 3.12. The lowest BCUT2D eigenvalue weighted by Gasteiger charge is -2.28. The second kappa shape index (κ2) is 4.57. The molecule has 0 saturated carbocycles. The maximum atomic E-state index is 5.72. The molecular formula is C11H18N6. The third-order valence-corrected chi connectivity index (χ3v) is 3.04. The molecule has 0 bridgehead atoms. The molecule has 92 valence electrons. The number of nitrogens with zero attached hydrogens (tertiary/aromatic N) is 4. The molecule has 2 rings (SSSR count). The Balaban J connectivity index is 2.55. The smallest absolute Gasteiger partial charge is 0.224 e. The lowest BCUT2D eigenvalue weighted by atomic mass is 10.2. The highest BCUT2D eigenvalue weighted by molar-refractivity contribution is 5.87. The number of nitrogen functional groups attached to an aromatic ring is 1. The van der Waals surface area contributed by atoms with Crippen molar-refractivity contribution in [3.63, 3.8) is 0 Å². The molecule has 3 N–H and O–H groups in total. The Labute approximate surface area is 100 Å². The number of hydrogen-bond acceptors (Lipinski definition) is 5. The van der Waals surface area contributed by atoms with E-state index in [4.69, 9.17) is 5.73 Å². The number of aromatic amines is 1. The number of hydrogen-bond donors (Lipinski definition) is 2. The molecule has 2 aromatic heterocycles. The summed E-state index contributed by atoms with van der Waals surface area (Å²) in [5, 5.41) is 7.74. The quantitative estimate of drug-likeness (QED) is 0.838. The maximum absolute atomic E-state index is 5.72. The van der Waals surface area contributed by atoms with Crippen LogP contribution in [0.15, 0.2) is 6.20 Å². The fourth-order valence-electron chi connectivity index (χ4n) is 1.95. The lowest BCUT2D eigenvalue weighted by Crippen LogP contribution is -2.33. The monoisotopic (exact) mass is 234 g/mol. The third kappa shape index (κ3) is 2.02. The number of fused-ring (bicyclic) bond motifs is 1. The maximum Gasteiger partial charge on any atom is 0.224 e. The molecule has 0 radical (unpaired) electrons. The topological polar surface area (TPSA) is 83.7 Å². The van der Waals surface area contributed by atoms with E-state index in [1.807, 2.05) is 0 Å². The van der Waals surface area contributed by atoms with Crippen LogP contribution in [0.5, 0.6) is 0 Å². The van der Waals surface area contributed by atoms with Gasteiger partial charge in [-0.05, 0) is 20.3 Å². The first kappa shape index (κ1) is 11.6. The van der Waals surface area contributed by atoms with Crippen molar-refractivity contribution in [3.05, 3.63) is 6.20 Å². The van der Waals surface area contributed by atoms with E-state index in [2.05, 4.69) is 45.8 Å². The number of nitrogens with two attached hydrogens (primary N) is 1. The summed E-state index contributed by atoms with van der Waals surface area (Å²) in [7, 11) is 0. The fraction of sp³-hybridized carbons (Fsp3) is 0.545. The molecule has 1 atom stereocenters. The predicted molar refractivity (Wildman–Crippen MR) is 68.9 cm³/mol. The highest BCUT2D eigenvalue weighted by Gasteiger charge is 2.17. The Bertz CT molecular complexity index is 506. The summed E-state index contributed by atoms with van der Waals surface area (Å²) in [4.78, 5) is 10.7. The molecule has 1 unspecified atom stereocenters. The van der Waals surface area contributed by atoms with E-state index in [1.165, 1.54) is 0 Å². The number of aromatic nitrogens is 4. The van der Waals surface area contributed by atoms with Crippen LogP contribution in [0.3, 0.4) is 0 Å². The van der Waals surface area contributed by atoms with Crippen LogP contribution in [-0.2, 0) is 0 Å². The molecular weight excluding hydrogens is 216 g/mol. The molecule has 0 aliphatic carbocycles. The van der Waals surface area contributed by atoms with Gasteiger partial charge in [-0.15, -0.1) is 0 Å². The molecule has 0 amide bonds. The van der Waals surface area contributed by atoms with Gasteiger partial charge in [-0.3, -0.25) is 5.10 Å². The summed E-state index contributed by atoms with van der Waals surface area (Å²) >= 11 is 0. The van der Waals surface area contributed by atoms with Crippen molar-refractivity contribution in [1.29, 1.82) is 0 Å². The Morgan fingerprint density at radius 3 is 2.82 bits per heavy atom. The average molecular weight is 234 g/mol. The highest BCUT2D eigenvalue weighted by Crippen LogP contribution is 2.25. The van der Waals surface area contributed by atoms with Gasteiger partial charge in [0.05, 0.1) is 11.6 Å². The van der Waals surface area contributed by atoms with E-state index < -0.39 is 0 Å². The second-order valence-electron chi connectivity index (χ2n) is 4.08. The minimum absolute atomic E-state index is 0.276. The van der Waals surface area contributed by atoms with Crippen molar-refractivity contribution in [3.8, 4) is 0 Å². The van der Waals surface area contributed by atoms with Gasteiger partial charge in [0.25, 0.3) is 0 Å². The predicted octanol–water partition coefficient (Wildman–Crippen LogP) is 1.56. The Morgan fingerprint density at radius 1 is 1.41 bits per heavy atom. The molecule has 2 aromatic rings. The van der Waals surface area contributed by atoms with Crippen LogP contribution in [0.2, 0.25) is 0 Å². The fourth-order valence-corrected chi connectivity index (χ4v) is 1.95. The van der Waals surface area contributed by atoms with E-state index in [9.17, 15) is 0 Å². The third-order valence-electron chi connectivity index (χ3n) is 3.04. The standard InChI is InChI=1S/C11H18N6/c1-4-7(3)17(5-2)10-8-6-13-16-9(8)14-11(12)15-10/h6-7H,4-5H2,1-3H3,(H3,12,13,14,15,16). The molecule has 6 nitrogen and oxygen atoms in total. The van der Waals surface area contributed by atoms with Crippen LogP contribution in [0.25, 0.3) is 11.0 Å². The SMILES string of the molecule is CCC(C)N(CC)c1nc(N)nc2[nH]ncc12. The van der Waals surface area contributed by atoms with Gasteiger partial charge < -0.3 is 10.6 Å². The minimum atomic E-state index is 0.276. The zero-order chi connectivity index (χ0) is 12.4. The molecule has 0 saturated heterocycles. The van der Waals surface area contributed by atoms with Crippen molar-refractivity contribution < 1.29 is 0 Å². The van der Waals surface area contributed by atoms with Crippen molar-refractivity contribution in [2.75, 3.05) is 17.2 Å². The van der Waals surface area contributed by atoms with Crippen molar-refractivity contribution in [2.24, 2.45) is 0 Å². The molecule has 2 heterocycles.